The number of carbonyl (C=O) groups is 2. The van der Waals surface area contributed by atoms with Crippen molar-refractivity contribution in [2.24, 2.45) is 17.8 Å². The Morgan fingerprint density at radius 3 is 2.34 bits per heavy atom. The van der Waals surface area contributed by atoms with Crippen LogP contribution in [0.25, 0.3) is 0 Å². The van der Waals surface area contributed by atoms with E-state index in [0.29, 0.717) is 61.1 Å². The van der Waals surface area contributed by atoms with Crippen LogP contribution in [0.4, 0.5) is 4.39 Å². The lowest BCUT2D eigenvalue weighted by Crippen LogP contribution is -2.49. The maximum absolute atomic E-state index is 14.1. The highest BCUT2D eigenvalue weighted by Crippen LogP contribution is 2.34. The molecule has 10 nitrogen and oxygen atoms in total. The zero-order valence-corrected chi connectivity index (χ0v) is 24.7. The first kappa shape index (κ1) is 29.5. The van der Waals surface area contributed by atoms with Crippen molar-refractivity contribution in [2.45, 2.75) is 45.2 Å². The van der Waals surface area contributed by atoms with Gasteiger partial charge in [0, 0.05) is 50.9 Å². The molecule has 222 valence electrons. The van der Waals surface area contributed by atoms with Gasteiger partial charge in [-0.25, -0.2) is 22.8 Å². The Bertz CT molecular complexity index is 1370. The summed E-state index contributed by atoms with van der Waals surface area (Å²) in [7, 11) is -3.11. The Hall–Kier alpha value is -2.96. The van der Waals surface area contributed by atoms with Gasteiger partial charge in [-0.1, -0.05) is 12.1 Å². The third-order valence-electron chi connectivity index (χ3n) is 8.73. The van der Waals surface area contributed by atoms with E-state index >= 15 is 0 Å². The summed E-state index contributed by atoms with van der Waals surface area (Å²) < 4.78 is 36.9. The quantitative estimate of drug-likeness (QED) is 0.432. The zero-order chi connectivity index (χ0) is 29.3. The lowest BCUT2D eigenvalue weighted by Gasteiger charge is -2.36. The second kappa shape index (κ2) is 12.1. The summed E-state index contributed by atoms with van der Waals surface area (Å²) in [5.74, 6) is 0.0576. The molecule has 3 fully saturated rings. The zero-order valence-electron chi connectivity index (χ0n) is 23.8. The fourth-order valence-corrected chi connectivity index (χ4v) is 6.95. The van der Waals surface area contributed by atoms with E-state index in [1.165, 1.54) is 24.7 Å². The molecule has 0 radical (unpaired) electrons. The summed E-state index contributed by atoms with van der Waals surface area (Å²) in [5, 5.41) is 6.13. The normalized spacial score (nSPS) is 25.0. The van der Waals surface area contributed by atoms with Crippen LogP contribution in [0.1, 0.15) is 52.6 Å². The van der Waals surface area contributed by atoms with Crippen LogP contribution in [-0.4, -0.2) is 90.9 Å². The van der Waals surface area contributed by atoms with Crippen molar-refractivity contribution in [3.63, 3.8) is 0 Å². The molecule has 5 rings (SSSR count). The average Bonchev–Trinajstić information content (AvgIpc) is 3.44. The number of nitrogens with zero attached hydrogens (tertiary/aromatic N) is 4. The van der Waals surface area contributed by atoms with Crippen molar-refractivity contribution in [2.75, 3.05) is 44.9 Å². The molecule has 1 aromatic carbocycles. The number of aromatic nitrogens is 2. The molecule has 2 saturated heterocycles. The first-order valence-electron chi connectivity index (χ1n) is 14.2. The smallest absolute Gasteiger partial charge is 0.257 e. The van der Waals surface area contributed by atoms with Crippen LogP contribution in [-0.2, 0) is 14.6 Å². The lowest BCUT2D eigenvalue weighted by atomic mass is 9.79. The monoisotopic (exact) mass is 586 g/mol. The van der Waals surface area contributed by atoms with Gasteiger partial charge in [0.2, 0.25) is 5.91 Å². The molecule has 2 aliphatic heterocycles. The molecule has 2 N–H and O–H groups in total. The van der Waals surface area contributed by atoms with Crippen molar-refractivity contribution in [3.8, 4) is 0 Å². The van der Waals surface area contributed by atoms with Crippen LogP contribution >= 0.6 is 0 Å². The van der Waals surface area contributed by atoms with Crippen LogP contribution < -0.4 is 10.6 Å². The molecule has 1 aromatic heterocycles. The molecule has 41 heavy (non-hydrogen) atoms. The van der Waals surface area contributed by atoms with Crippen molar-refractivity contribution in [1.82, 2.24) is 30.4 Å². The molecule has 2 amide bonds. The number of nitrogens with one attached hydrogen (secondary N) is 2. The van der Waals surface area contributed by atoms with Gasteiger partial charge in [-0.15, -0.1) is 0 Å². The molecule has 0 bridgehead atoms. The molecule has 2 unspecified atom stereocenters. The standard InChI is InChI=1S/C29H39FN6O4S/c1-18-27(19(2)32-16-31-18)29(38)36-14-22-12-35(13-23(22)15-36)8-7-26(20-5-4-6-24(30)9-20)34-28(37)21-10-25(11-21)33-17-41(3,39)40/h4-6,9,16,21-23,25-26,33H,7-8,10-15,17H2,1-3H3,(H,34,37)/t21?,22-,23?,25?,26?/m0/s1. The summed E-state index contributed by atoms with van der Waals surface area (Å²) in [6, 6.07) is 6.04. The van der Waals surface area contributed by atoms with Crippen LogP contribution in [0, 0.1) is 37.4 Å². The SMILES string of the molecule is Cc1ncnc(C)c1C(=O)N1CC2CN(CCC(NC(=O)C3CC(NCS(C)(=O)=O)C3)c3cccc(F)c3)C[C@H]2C1. The Morgan fingerprint density at radius 2 is 1.73 bits per heavy atom. The van der Waals surface area contributed by atoms with Crippen LogP contribution in [0.3, 0.4) is 0 Å². The van der Waals surface area contributed by atoms with Gasteiger partial charge >= 0.3 is 0 Å². The number of likely N-dealkylation sites (tertiary alicyclic amines) is 2. The van der Waals surface area contributed by atoms with Crippen LogP contribution in [0.15, 0.2) is 30.6 Å². The minimum Gasteiger partial charge on any atom is -0.349 e. The number of aryl methyl sites for hydroxylation is 2. The van der Waals surface area contributed by atoms with Gasteiger partial charge in [0.15, 0.2) is 9.84 Å². The van der Waals surface area contributed by atoms with E-state index in [2.05, 4.69) is 25.5 Å². The topological polar surface area (TPSA) is 125 Å². The number of amides is 2. The second-order valence-electron chi connectivity index (χ2n) is 12.0. The molecule has 3 aliphatic rings. The van der Waals surface area contributed by atoms with Crippen LogP contribution in [0.2, 0.25) is 0 Å². The van der Waals surface area contributed by atoms with E-state index in [9.17, 15) is 22.4 Å². The lowest BCUT2D eigenvalue weighted by molar-refractivity contribution is -0.129. The summed E-state index contributed by atoms with van der Waals surface area (Å²) in [5.41, 5.74) is 2.74. The third kappa shape index (κ3) is 7.10. The fraction of sp³-hybridized carbons (Fsp3) is 0.586. The van der Waals surface area contributed by atoms with Gasteiger partial charge in [-0.05, 0) is 62.6 Å². The van der Waals surface area contributed by atoms with Gasteiger partial charge in [-0.2, -0.15) is 0 Å². The van der Waals surface area contributed by atoms with Crippen LogP contribution in [0.5, 0.6) is 0 Å². The first-order chi connectivity index (χ1) is 19.5. The largest absolute Gasteiger partial charge is 0.349 e. The summed E-state index contributed by atoms with van der Waals surface area (Å²) in [4.78, 5) is 39.0. The molecule has 2 aromatic rings. The Balaban J connectivity index is 1.14. The predicted molar refractivity (Wildman–Crippen MR) is 152 cm³/mol. The number of hydrogen-bond acceptors (Lipinski definition) is 8. The maximum Gasteiger partial charge on any atom is 0.257 e. The van der Waals surface area contributed by atoms with E-state index in [1.54, 1.807) is 6.07 Å². The molecule has 1 aliphatic carbocycles. The molecular formula is C29H39FN6O4S. The third-order valence-corrected chi connectivity index (χ3v) is 9.42. The van der Waals surface area contributed by atoms with Gasteiger partial charge in [0.05, 0.1) is 28.9 Å². The highest BCUT2D eigenvalue weighted by Gasteiger charge is 2.42. The van der Waals surface area contributed by atoms with Gasteiger partial charge in [0.25, 0.3) is 5.91 Å². The van der Waals surface area contributed by atoms with E-state index in [0.717, 1.165) is 25.2 Å². The van der Waals surface area contributed by atoms with Gasteiger partial charge < -0.3 is 20.4 Å². The fourth-order valence-electron chi connectivity index (χ4n) is 6.41. The second-order valence-corrected chi connectivity index (χ2v) is 14.1. The maximum atomic E-state index is 14.1. The predicted octanol–water partition coefficient (Wildman–Crippen LogP) is 1.85. The molecular weight excluding hydrogens is 547 g/mol. The average molecular weight is 587 g/mol. The highest BCUT2D eigenvalue weighted by molar-refractivity contribution is 7.90. The molecule has 1 saturated carbocycles. The Morgan fingerprint density at radius 1 is 1.07 bits per heavy atom. The minimum atomic E-state index is -3.11. The molecule has 3 atom stereocenters. The number of carbonyl (C=O) groups excluding carboxylic acids is 2. The number of fused-ring (bicyclic) bond motifs is 1. The number of hydrogen-bond donors (Lipinski definition) is 2. The minimum absolute atomic E-state index is 0.000169. The van der Waals surface area contributed by atoms with Crippen molar-refractivity contribution in [1.29, 1.82) is 0 Å². The van der Waals surface area contributed by atoms with E-state index in [-0.39, 0.29) is 41.5 Å². The first-order valence-corrected chi connectivity index (χ1v) is 16.3. The van der Waals surface area contributed by atoms with E-state index in [4.69, 9.17) is 0 Å². The molecule has 3 heterocycles. The Labute approximate surface area is 241 Å². The van der Waals surface area contributed by atoms with Crippen molar-refractivity contribution < 1.29 is 22.4 Å². The summed E-state index contributed by atoms with van der Waals surface area (Å²) in [6.07, 6.45) is 4.46. The van der Waals surface area contributed by atoms with E-state index in [1.807, 2.05) is 24.8 Å². The number of sulfone groups is 1. The number of halogens is 1. The summed E-state index contributed by atoms with van der Waals surface area (Å²) in [6.45, 7) is 7.58. The Kier molecular flexibility index (Phi) is 8.72. The van der Waals surface area contributed by atoms with Crippen molar-refractivity contribution >= 4 is 21.7 Å². The molecule has 0 spiro atoms. The highest BCUT2D eigenvalue weighted by atomic mass is 32.2. The van der Waals surface area contributed by atoms with Crippen molar-refractivity contribution in [3.05, 3.63) is 58.9 Å². The van der Waals surface area contributed by atoms with E-state index < -0.39 is 9.84 Å². The number of benzene rings is 1. The van der Waals surface area contributed by atoms with Gasteiger partial charge in [-0.3, -0.25) is 9.59 Å². The van der Waals surface area contributed by atoms with Gasteiger partial charge in [0.1, 0.15) is 12.1 Å². The summed E-state index contributed by atoms with van der Waals surface area (Å²) >= 11 is 0. The number of rotatable bonds is 10. The molecule has 12 heteroatoms.